The monoisotopic (exact) mass is 316 g/mol. The first-order valence-electron chi connectivity index (χ1n) is 7.05. The van der Waals surface area contributed by atoms with Crippen LogP contribution in [0.15, 0.2) is 18.2 Å². The molecule has 0 radical (unpaired) electrons. The molecule has 1 saturated heterocycles. The zero-order chi connectivity index (χ0) is 16.7. The lowest BCUT2D eigenvalue weighted by molar-refractivity contribution is -0.138. The summed E-state index contributed by atoms with van der Waals surface area (Å²) in [6.45, 7) is 4.00. The Morgan fingerprint density at radius 1 is 1.27 bits per heavy atom. The summed E-state index contributed by atoms with van der Waals surface area (Å²) in [4.78, 5) is 13.8. The predicted octanol–water partition coefficient (Wildman–Crippen LogP) is 2.38. The lowest BCUT2D eigenvalue weighted by Crippen LogP contribution is -2.49. The Labute approximate surface area is 126 Å². The summed E-state index contributed by atoms with van der Waals surface area (Å²) in [5.41, 5.74) is 3.94. The van der Waals surface area contributed by atoms with Crippen molar-refractivity contribution >= 4 is 11.6 Å². The van der Waals surface area contributed by atoms with Crippen LogP contribution in [0.25, 0.3) is 0 Å². The molecular weight excluding hydrogens is 297 g/mol. The number of nitrogens with two attached hydrogens (primary N) is 1. The summed E-state index contributed by atoms with van der Waals surface area (Å²) in [5, 5.41) is 9.90. The Kier molecular flexibility index (Phi) is 4.37. The van der Waals surface area contributed by atoms with E-state index in [9.17, 15) is 23.1 Å². The van der Waals surface area contributed by atoms with E-state index in [2.05, 4.69) is 0 Å². The van der Waals surface area contributed by atoms with Crippen LogP contribution in [-0.2, 0) is 6.18 Å². The van der Waals surface area contributed by atoms with E-state index in [0.29, 0.717) is 0 Å². The van der Waals surface area contributed by atoms with Gasteiger partial charge in [0.1, 0.15) is 0 Å². The van der Waals surface area contributed by atoms with E-state index in [4.69, 9.17) is 5.73 Å². The van der Waals surface area contributed by atoms with Gasteiger partial charge < -0.3 is 15.7 Å². The lowest BCUT2D eigenvalue weighted by atomic mass is 9.88. The Morgan fingerprint density at radius 3 is 2.32 bits per heavy atom. The Morgan fingerprint density at radius 2 is 1.82 bits per heavy atom. The number of nitrogens with zero attached hydrogens (tertiary/aromatic N) is 1. The van der Waals surface area contributed by atoms with Crippen molar-refractivity contribution in [1.29, 1.82) is 0 Å². The number of aliphatic hydroxyl groups is 1. The minimum Gasteiger partial charge on any atom is -0.399 e. The van der Waals surface area contributed by atoms with Crippen LogP contribution in [0, 0.1) is 11.8 Å². The van der Waals surface area contributed by atoms with Crippen LogP contribution in [-0.4, -0.2) is 35.1 Å². The second kappa shape index (κ2) is 5.79. The van der Waals surface area contributed by atoms with E-state index in [0.717, 1.165) is 12.1 Å². The first-order valence-corrected chi connectivity index (χ1v) is 7.05. The number of benzene rings is 1. The molecule has 1 amide bonds. The molecule has 1 unspecified atom stereocenters. The van der Waals surface area contributed by atoms with Gasteiger partial charge in [-0.1, -0.05) is 13.8 Å². The third-order valence-corrected chi connectivity index (χ3v) is 4.05. The highest BCUT2D eigenvalue weighted by Crippen LogP contribution is 2.34. The lowest BCUT2D eigenvalue weighted by Gasteiger charge is -2.39. The van der Waals surface area contributed by atoms with Crippen molar-refractivity contribution in [3.8, 4) is 0 Å². The van der Waals surface area contributed by atoms with E-state index in [-0.39, 0.29) is 30.6 Å². The average Bonchev–Trinajstić information content (AvgIpc) is 2.42. The summed E-state index contributed by atoms with van der Waals surface area (Å²) in [6.07, 6.45) is -5.20. The molecule has 0 saturated carbocycles. The number of nitrogen functional groups attached to an aromatic ring is 1. The highest BCUT2D eigenvalue weighted by molar-refractivity contribution is 5.96. The van der Waals surface area contributed by atoms with Gasteiger partial charge in [-0.3, -0.25) is 4.79 Å². The van der Waals surface area contributed by atoms with E-state index in [1.807, 2.05) is 0 Å². The van der Waals surface area contributed by atoms with E-state index < -0.39 is 29.3 Å². The number of alkyl halides is 3. The molecule has 22 heavy (non-hydrogen) atoms. The van der Waals surface area contributed by atoms with Crippen LogP contribution in [0.4, 0.5) is 18.9 Å². The molecule has 0 bridgehead atoms. The number of piperidine rings is 1. The number of likely N-dealkylation sites (tertiary alicyclic amines) is 1. The quantitative estimate of drug-likeness (QED) is 0.782. The van der Waals surface area contributed by atoms with Gasteiger partial charge in [0.2, 0.25) is 0 Å². The van der Waals surface area contributed by atoms with Crippen molar-refractivity contribution in [2.75, 3.05) is 18.8 Å². The van der Waals surface area contributed by atoms with Gasteiger partial charge >= 0.3 is 6.18 Å². The molecule has 0 spiro atoms. The van der Waals surface area contributed by atoms with Gasteiger partial charge in [0.25, 0.3) is 5.91 Å². The number of carbonyl (C=O) groups is 1. The third kappa shape index (κ3) is 3.19. The molecule has 3 N–H and O–H groups in total. The van der Waals surface area contributed by atoms with E-state index >= 15 is 0 Å². The van der Waals surface area contributed by atoms with Crippen LogP contribution < -0.4 is 5.73 Å². The molecule has 1 aliphatic rings. The Hall–Kier alpha value is -1.76. The average molecular weight is 316 g/mol. The molecule has 3 atom stereocenters. The minimum absolute atomic E-state index is 0.0420. The summed E-state index contributed by atoms with van der Waals surface area (Å²) < 4.78 is 39.3. The number of hydrogen-bond donors (Lipinski definition) is 2. The van der Waals surface area contributed by atoms with E-state index in [1.54, 1.807) is 13.8 Å². The molecule has 1 aromatic carbocycles. The minimum atomic E-state index is -4.65. The fourth-order valence-corrected chi connectivity index (χ4v) is 2.87. The summed E-state index contributed by atoms with van der Waals surface area (Å²) >= 11 is 0. The second-order valence-electron chi connectivity index (χ2n) is 5.96. The molecule has 1 heterocycles. The molecule has 2 rings (SSSR count). The third-order valence-electron chi connectivity index (χ3n) is 4.05. The molecule has 0 aromatic heterocycles. The topological polar surface area (TPSA) is 66.6 Å². The van der Waals surface area contributed by atoms with Gasteiger partial charge in [0.15, 0.2) is 0 Å². The van der Waals surface area contributed by atoms with Crippen LogP contribution >= 0.6 is 0 Å². The Bertz CT molecular complexity index is 562. The van der Waals surface area contributed by atoms with Crippen molar-refractivity contribution in [2.24, 2.45) is 11.8 Å². The maximum absolute atomic E-state index is 13.1. The molecule has 1 fully saturated rings. The number of rotatable bonds is 1. The summed E-state index contributed by atoms with van der Waals surface area (Å²) in [7, 11) is 0. The predicted molar refractivity (Wildman–Crippen MR) is 76.1 cm³/mol. The molecule has 1 aromatic rings. The zero-order valence-electron chi connectivity index (χ0n) is 12.4. The number of halogens is 3. The van der Waals surface area contributed by atoms with Crippen LogP contribution in [0.5, 0.6) is 0 Å². The maximum Gasteiger partial charge on any atom is 0.417 e. The molecule has 0 aliphatic carbocycles. The second-order valence-corrected chi connectivity index (χ2v) is 5.96. The molecular formula is C15H19F3N2O2. The zero-order valence-corrected chi connectivity index (χ0v) is 12.4. The molecule has 7 heteroatoms. The maximum atomic E-state index is 13.1. The number of hydrogen-bond acceptors (Lipinski definition) is 3. The van der Waals surface area contributed by atoms with Gasteiger partial charge in [0.05, 0.1) is 17.2 Å². The van der Waals surface area contributed by atoms with Gasteiger partial charge in [-0.25, -0.2) is 0 Å². The van der Waals surface area contributed by atoms with E-state index in [1.165, 1.54) is 11.0 Å². The van der Waals surface area contributed by atoms with Crippen molar-refractivity contribution in [3.05, 3.63) is 29.3 Å². The number of anilines is 1. The van der Waals surface area contributed by atoms with Gasteiger partial charge in [-0.05, 0) is 30.0 Å². The van der Waals surface area contributed by atoms with Crippen molar-refractivity contribution < 1.29 is 23.1 Å². The normalized spacial score (nSPS) is 26.1. The first kappa shape index (κ1) is 16.6. The highest BCUT2D eigenvalue weighted by Gasteiger charge is 2.38. The van der Waals surface area contributed by atoms with Gasteiger partial charge in [-0.15, -0.1) is 0 Å². The SMILES string of the molecule is C[C@@H]1CN(C(=O)c2ccc(N)cc2C(F)(F)F)C[C@H](C)C1O. The molecule has 1 aliphatic heterocycles. The van der Waals surface area contributed by atoms with Crippen molar-refractivity contribution in [2.45, 2.75) is 26.1 Å². The highest BCUT2D eigenvalue weighted by atomic mass is 19.4. The number of amides is 1. The van der Waals surface area contributed by atoms with Crippen LogP contribution in [0.1, 0.15) is 29.8 Å². The fraction of sp³-hybridized carbons (Fsp3) is 0.533. The smallest absolute Gasteiger partial charge is 0.399 e. The fourth-order valence-electron chi connectivity index (χ4n) is 2.87. The summed E-state index contributed by atoms with van der Waals surface area (Å²) in [5.74, 6) is -1.05. The van der Waals surface area contributed by atoms with Gasteiger partial charge in [-0.2, -0.15) is 13.2 Å². The first-order chi connectivity index (χ1) is 10.1. The largest absolute Gasteiger partial charge is 0.417 e. The van der Waals surface area contributed by atoms with Crippen molar-refractivity contribution in [3.63, 3.8) is 0 Å². The molecule has 122 valence electrons. The van der Waals surface area contributed by atoms with Gasteiger partial charge in [0, 0.05) is 18.8 Å². The number of aliphatic hydroxyl groups excluding tert-OH is 1. The van der Waals surface area contributed by atoms with Crippen molar-refractivity contribution in [1.82, 2.24) is 4.90 Å². The standard InChI is InChI=1S/C15H19F3N2O2/c1-8-6-20(7-9(2)13(8)21)14(22)11-4-3-10(19)5-12(11)15(16,17)18/h3-5,8-9,13,21H,6-7,19H2,1-2H3/t8-,9+,13?. The molecule has 4 nitrogen and oxygen atoms in total. The van der Waals surface area contributed by atoms with Crippen LogP contribution in [0.2, 0.25) is 0 Å². The Balaban J connectivity index is 2.34. The summed E-state index contributed by atoms with van der Waals surface area (Å²) in [6, 6.07) is 3.17. The number of carbonyl (C=O) groups excluding carboxylic acids is 1. The van der Waals surface area contributed by atoms with Crippen LogP contribution in [0.3, 0.4) is 0 Å².